The van der Waals surface area contributed by atoms with Gasteiger partial charge in [-0.15, -0.1) is 11.3 Å². The molecule has 0 saturated heterocycles. The maximum absolute atomic E-state index is 10.8. The number of thiazole rings is 1. The van der Waals surface area contributed by atoms with Gasteiger partial charge in [0.2, 0.25) is 0 Å². The van der Waals surface area contributed by atoms with Gasteiger partial charge in [0.05, 0.1) is 5.69 Å². The lowest BCUT2D eigenvalue weighted by atomic mass is 10.1. The Kier molecular flexibility index (Phi) is 1.38. The van der Waals surface area contributed by atoms with Gasteiger partial charge in [-0.1, -0.05) is 0 Å². The average molecular weight is 184 g/mol. The molecule has 64 valence electrons. The third-order valence-electron chi connectivity index (χ3n) is 2.17. The molecule has 3 N–H and O–H groups in total. The summed E-state index contributed by atoms with van der Waals surface area (Å²) >= 11 is 1.29. The van der Waals surface area contributed by atoms with E-state index in [1.54, 1.807) is 5.38 Å². The SMILES string of the molecule is Nc1nc(C2(C(=O)O)CC2)cs1. The van der Waals surface area contributed by atoms with E-state index in [2.05, 4.69) is 4.98 Å². The molecule has 2 rings (SSSR count). The highest BCUT2D eigenvalue weighted by Crippen LogP contribution is 2.48. The summed E-state index contributed by atoms with van der Waals surface area (Å²) in [5.41, 5.74) is 5.34. The molecule has 0 amide bonds. The van der Waals surface area contributed by atoms with E-state index in [9.17, 15) is 4.79 Å². The molecule has 0 atom stereocenters. The highest BCUT2D eigenvalue weighted by Gasteiger charge is 2.53. The van der Waals surface area contributed by atoms with E-state index in [-0.39, 0.29) is 0 Å². The van der Waals surface area contributed by atoms with E-state index >= 15 is 0 Å². The summed E-state index contributed by atoms with van der Waals surface area (Å²) in [6, 6.07) is 0. The van der Waals surface area contributed by atoms with Crippen LogP contribution in [0.3, 0.4) is 0 Å². The van der Waals surface area contributed by atoms with Crippen molar-refractivity contribution in [3.05, 3.63) is 11.1 Å². The molecule has 0 radical (unpaired) electrons. The first-order valence-electron chi connectivity index (χ1n) is 3.60. The van der Waals surface area contributed by atoms with E-state index in [1.807, 2.05) is 0 Å². The Morgan fingerprint density at radius 1 is 1.75 bits per heavy atom. The van der Waals surface area contributed by atoms with Crippen LogP contribution in [0.4, 0.5) is 5.13 Å². The summed E-state index contributed by atoms with van der Waals surface area (Å²) in [5.74, 6) is -0.784. The Bertz CT molecular complexity index is 330. The van der Waals surface area contributed by atoms with Crippen molar-refractivity contribution in [1.29, 1.82) is 0 Å². The van der Waals surface area contributed by atoms with Crippen LogP contribution >= 0.6 is 11.3 Å². The van der Waals surface area contributed by atoms with Crippen molar-refractivity contribution in [2.75, 3.05) is 5.73 Å². The number of carboxylic acids is 1. The van der Waals surface area contributed by atoms with Gasteiger partial charge in [0, 0.05) is 5.38 Å². The number of aromatic nitrogens is 1. The van der Waals surface area contributed by atoms with E-state index in [0.29, 0.717) is 23.7 Å². The zero-order valence-electron chi connectivity index (χ0n) is 6.28. The quantitative estimate of drug-likeness (QED) is 0.714. The minimum Gasteiger partial charge on any atom is -0.481 e. The van der Waals surface area contributed by atoms with Gasteiger partial charge in [-0.25, -0.2) is 4.98 Å². The van der Waals surface area contributed by atoms with Crippen molar-refractivity contribution in [2.45, 2.75) is 18.3 Å². The Morgan fingerprint density at radius 2 is 2.42 bits per heavy atom. The highest BCUT2D eigenvalue weighted by molar-refractivity contribution is 7.13. The number of nitrogens with two attached hydrogens (primary N) is 1. The predicted molar refractivity (Wildman–Crippen MR) is 45.1 cm³/mol. The topological polar surface area (TPSA) is 76.2 Å². The fourth-order valence-electron chi connectivity index (χ4n) is 1.21. The van der Waals surface area contributed by atoms with Gasteiger partial charge in [0.25, 0.3) is 0 Å². The zero-order chi connectivity index (χ0) is 8.77. The minimum absolute atomic E-state index is 0.442. The molecule has 12 heavy (non-hydrogen) atoms. The summed E-state index contributed by atoms with van der Waals surface area (Å²) in [4.78, 5) is 14.8. The third-order valence-corrected chi connectivity index (χ3v) is 2.85. The Morgan fingerprint density at radius 3 is 2.75 bits per heavy atom. The number of carboxylic acid groups (broad SMARTS) is 1. The number of nitrogens with zero attached hydrogens (tertiary/aromatic N) is 1. The molecule has 0 aromatic carbocycles. The van der Waals surface area contributed by atoms with Crippen molar-refractivity contribution < 1.29 is 9.90 Å². The smallest absolute Gasteiger partial charge is 0.315 e. The minimum atomic E-state index is -0.784. The molecule has 1 aliphatic rings. The fourth-order valence-corrected chi connectivity index (χ4v) is 1.87. The Labute approximate surface area is 73.0 Å². The molecule has 4 nitrogen and oxygen atoms in total. The fraction of sp³-hybridized carbons (Fsp3) is 0.429. The molecule has 0 unspecified atom stereocenters. The molecule has 1 aromatic rings. The molecule has 0 aliphatic heterocycles. The molecule has 1 aliphatic carbocycles. The van der Waals surface area contributed by atoms with Gasteiger partial charge in [-0.3, -0.25) is 4.79 Å². The van der Waals surface area contributed by atoms with Crippen LogP contribution in [0.2, 0.25) is 0 Å². The van der Waals surface area contributed by atoms with E-state index in [1.165, 1.54) is 11.3 Å². The van der Waals surface area contributed by atoms with Crippen LogP contribution in [-0.2, 0) is 10.2 Å². The lowest BCUT2D eigenvalue weighted by molar-refractivity contribution is -0.140. The van der Waals surface area contributed by atoms with Crippen molar-refractivity contribution in [3.63, 3.8) is 0 Å². The first-order valence-corrected chi connectivity index (χ1v) is 4.48. The summed E-state index contributed by atoms with van der Waals surface area (Å²) < 4.78 is 0. The second kappa shape index (κ2) is 2.20. The number of aliphatic carboxylic acids is 1. The highest BCUT2D eigenvalue weighted by atomic mass is 32.1. The molecule has 1 aromatic heterocycles. The van der Waals surface area contributed by atoms with Crippen molar-refractivity contribution in [3.8, 4) is 0 Å². The molecule has 5 heteroatoms. The Hall–Kier alpha value is -1.10. The first-order chi connectivity index (χ1) is 5.65. The molecule has 0 bridgehead atoms. The number of hydrogen-bond acceptors (Lipinski definition) is 4. The summed E-state index contributed by atoms with van der Waals surface area (Å²) in [5, 5.41) is 11.1. The van der Waals surface area contributed by atoms with Crippen LogP contribution in [0.5, 0.6) is 0 Å². The second-order valence-electron chi connectivity index (χ2n) is 2.96. The van der Waals surface area contributed by atoms with Crippen LogP contribution in [0.15, 0.2) is 5.38 Å². The standard InChI is InChI=1S/C7H8N2O2S/c8-6-9-4(3-12-6)7(1-2-7)5(10)11/h3H,1-2H2,(H2,8,9)(H,10,11). The van der Waals surface area contributed by atoms with Crippen LogP contribution < -0.4 is 5.73 Å². The summed E-state index contributed by atoms with van der Waals surface area (Å²) in [7, 11) is 0. The van der Waals surface area contributed by atoms with Crippen molar-refractivity contribution in [2.24, 2.45) is 0 Å². The van der Waals surface area contributed by atoms with Crippen LogP contribution in [-0.4, -0.2) is 16.1 Å². The van der Waals surface area contributed by atoms with Gasteiger partial charge < -0.3 is 10.8 Å². The van der Waals surface area contributed by atoms with Crippen molar-refractivity contribution >= 4 is 22.4 Å². The van der Waals surface area contributed by atoms with Gasteiger partial charge >= 0.3 is 5.97 Å². The average Bonchev–Trinajstić information content (AvgIpc) is 2.71. The number of rotatable bonds is 2. The van der Waals surface area contributed by atoms with Gasteiger partial charge in [-0.05, 0) is 12.8 Å². The maximum Gasteiger partial charge on any atom is 0.315 e. The third kappa shape index (κ3) is 0.896. The lowest BCUT2D eigenvalue weighted by Gasteiger charge is -2.03. The lowest BCUT2D eigenvalue weighted by Crippen LogP contribution is -2.19. The van der Waals surface area contributed by atoms with E-state index in [4.69, 9.17) is 10.8 Å². The van der Waals surface area contributed by atoms with Crippen LogP contribution in [0.1, 0.15) is 18.5 Å². The largest absolute Gasteiger partial charge is 0.481 e. The number of anilines is 1. The van der Waals surface area contributed by atoms with Crippen LogP contribution in [0.25, 0.3) is 0 Å². The van der Waals surface area contributed by atoms with Gasteiger partial charge in [0.15, 0.2) is 5.13 Å². The molecular weight excluding hydrogens is 176 g/mol. The number of carbonyl (C=O) groups is 1. The van der Waals surface area contributed by atoms with E-state index < -0.39 is 11.4 Å². The van der Waals surface area contributed by atoms with Crippen molar-refractivity contribution in [1.82, 2.24) is 4.98 Å². The molecule has 1 heterocycles. The summed E-state index contributed by atoms with van der Waals surface area (Å²) in [6.07, 6.45) is 1.37. The zero-order valence-corrected chi connectivity index (χ0v) is 7.10. The number of hydrogen-bond donors (Lipinski definition) is 2. The normalized spacial score (nSPS) is 19.0. The van der Waals surface area contributed by atoms with E-state index in [0.717, 1.165) is 0 Å². The molecular formula is C7H8N2O2S. The monoisotopic (exact) mass is 184 g/mol. The van der Waals surface area contributed by atoms with Gasteiger partial charge in [0.1, 0.15) is 5.41 Å². The first kappa shape index (κ1) is 7.54. The molecule has 1 fully saturated rings. The maximum atomic E-state index is 10.8. The second-order valence-corrected chi connectivity index (χ2v) is 3.85. The van der Waals surface area contributed by atoms with Gasteiger partial charge in [-0.2, -0.15) is 0 Å². The number of nitrogen functional groups attached to an aromatic ring is 1. The van der Waals surface area contributed by atoms with Crippen LogP contribution in [0, 0.1) is 0 Å². The molecule has 0 spiro atoms. The molecule has 1 saturated carbocycles. The summed E-state index contributed by atoms with van der Waals surface area (Å²) in [6.45, 7) is 0. The predicted octanol–water partition coefficient (Wildman–Crippen LogP) is 0.841. The Balaban J connectivity index is 2.36.